The third-order valence-corrected chi connectivity index (χ3v) is 3.87. The van der Waals surface area contributed by atoms with Gasteiger partial charge in [-0.15, -0.1) is 24.1 Å². The van der Waals surface area contributed by atoms with Crippen LogP contribution in [0.1, 0.15) is 44.7 Å². The molecule has 0 aliphatic heterocycles. The summed E-state index contributed by atoms with van der Waals surface area (Å²) < 4.78 is 0. The first kappa shape index (κ1) is 15.1. The minimum atomic E-state index is 0.427. The molecule has 1 aromatic carbocycles. The van der Waals surface area contributed by atoms with Crippen LogP contribution in [0.4, 0.5) is 0 Å². The Balaban J connectivity index is 2.48. The van der Waals surface area contributed by atoms with Crippen molar-refractivity contribution in [1.82, 2.24) is 5.32 Å². The molecular formula is C16H23NS. The van der Waals surface area contributed by atoms with Gasteiger partial charge >= 0.3 is 0 Å². The zero-order chi connectivity index (χ0) is 13.2. The largest absolute Gasteiger partial charge is 0.310 e. The van der Waals surface area contributed by atoms with Crippen LogP contribution in [0.2, 0.25) is 0 Å². The SMILES string of the molecule is C#CCCCSc1cccc(C(C)NCCC)c1. The van der Waals surface area contributed by atoms with E-state index in [0.29, 0.717) is 6.04 Å². The highest BCUT2D eigenvalue weighted by atomic mass is 32.2. The van der Waals surface area contributed by atoms with Crippen molar-refractivity contribution >= 4 is 11.8 Å². The molecule has 0 radical (unpaired) electrons. The first-order valence-electron chi connectivity index (χ1n) is 6.67. The zero-order valence-electron chi connectivity index (χ0n) is 11.4. The van der Waals surface area contributed by atoms with Gasteiger partial charge in [0.25, 0.3) is 0 Å². The predicted molar refractivity (Wildman–Crippen MR) is 81.9 cm³/mol. The van der Waals surface area contributed by atoms with Crippen LogP contribution in [0.5, 0.6) is 0 Å². The smallest absolute Gasteiger partial charge is 0.0292 e. The third-order valence-electron chi connectivity index (χ3n) is 2.79. The number of unbranched alkanes of at least 4 members (excludes halogenated alkanes) is 1. The van der Waals surface area contributed by atoms with E-state index in [4.69, 9.17) is 6.42 Å². The summed E-state index contributed by atoms with van der Waals surface area (Å²) in [6, 6.07) is 9.22. The molecule has 98 valence electrons. The molecule has 1 atom stereocenters. The van der Waals surface area contributed by atoms with Crippen molar-refractivity contribution in [1.29, 1.82) is 0 Å². The lowest BCUT2D eigenvalue weighted by molar-refractivity contribution is 0.570. The maximum atomic E-state index is 5.25. The Morgan fingerprint density at radius 2 is 2.28 bits per heavy atom. The Bertz CT molecular complexity index is 381. The van der Waals surface area contributed by atoms with Crippen molar-refractivity contribution in [2.24, 2.45) is 0 Å². The van der Waals surface area contributed by atoms with Crippen LogP contribution in [-0.2, 0) is 0 Å². The van der Waals surface area contributed by atoms with Gasteiger partial charge in [0.05, 0.1) is 0 Å². The minimum Gasteiger partial charge on any atom is -0.310 e. The molecule has 0 aromatic heterocycles. The van der Waals surface area contributed by atoms with Crippen LogP contribution in [0.15, 0.2) is 29.2 Å². The fourth-order valence-electron chi connectivity index (χ4n) is 1.72. The van der Waals surface area contributed by atoms with E-state index in [0.717, 1.165) is 25.1 Å². The number of benzene rings is 1. The summed E-state index contributed by atoms with van der Waals surface area (Å²) in [5.74, 6) is 3.79. The van der Waals surface area contributed by atoms with E-state index >= 15 is 0 Å². The number of hydrogen-bond donors (Lipinski definition) is 1. The van der Waals surface area contributed by atoms with Gasteiger partial charge in [-0.3, -0.25) is 0 Å². The molecule has 18 heavy (non-hydrogen) atoms. The van der Waals surface area contributed by atoms with E-state index in [1.165, 1.54) is 16.9 Å². The Morgan fingerprint density at radius 1 is 1.44 bits per heavy atom. The Kier molecular flexibility index (Phi) is 7.64. The highest BCUT2D eigenvalue weighted by Crippen LogP contribution is 2.23. The molecule has 0 amide bonds. The van der Waals surface area contributed by atoms with Crippen LogP contribution < -0.4 is 5.32 Å². The van der Waals surface area contributed by atoms with Crippen molar-refractivity contribution in [3.63, 3.8) is 0 Å². The predicted octanol–water partition coefficient (Wildman–Crippen LogP) is 4.25. The van der Waals surface area contributed by atoms with Crippen LogP contribution >= 0.6 is 11.8 Å². The van der Waals surface area contributed by atoms with E-state index in [1.807, 2.05) is 11.8 Å². The summed E-state index contributed by atoms with van der Waals surface area (Å²) in [6.45, 7) is 5.48. The highest BCUT2D eigenvalue weighted by molar-refractivity contribution is 7.99. The Hall–Kier alpha value is -0.910. The van der Waals surface area contributed by atoms with E-state index in [2.05, 4.69) is 49.4 Å². The first-order valence-corrected chi connectivity index (χ1v) is 7.66. The monoisotopic (exact) mass is 261 g/mol. The van der Waals surface area contributed by atoms with E-state index in [1.54, 1.807) is 0 Å². The average Bonchev–Trinajstić information content (AvgIpc) is 2.41. The minimum absolute atomic E-state index is 0.427. The highest BCUT2D eigenvalue weighted by Gasteiger charge is 2.04. The topological polar surface area (TPSA) is 12.0 Å². The van der Waals surface area contributed by atoms with E-state index < -0.39 is 0 Å². The summed E-state index contributed by atoms with van der Waals surface area (Å²) >= 11 is 1.89. The lowest BCUT2D eigenvalue weighted by Gasteiger charge is -2.14. The van der Waals surface area contributed by atoms with Gasteiger partial charge in [0.2, 0.25) is 0 Å². The molecule has 0 bridgehead atoms. The van der Waals surface area contributed by atoms with Gasteiger partial charge in [-0.2, -0.15) is 0 Å². The van der Waals surface area contributed by atoms with Gasteiger partial charge in [-0.25, -0.2) is 0 Å². The summed E-state index contributed by atoms with van der Waals surface area (Å²) in [7, 11) is 0. The van der Waals surface area contributed by atoms with Gasteiger partial charge in [0.15, 0.2) is 0 Å². The molecule has 0 heterocycles. The molecule has 1 aromatic rings. The van der Waals surface area contributed by atoms with Crippen LogP contribution in [0.3, 0.4) is 0 Å². The number of thioether (sulfide) groups is 1. The van der Waals surface area contributed by atoms with E-state index in [-0.39, 0.29) is 0 Å². The fourth-order valence-corrected chi connectivity index (χ4v) is 2.64. The number of nitrogens with one attached hydrogen (secondary N) is 1. The molecule has 0 aliphatic carbocycles. The molecular weight excluding hydrogens is 238 g/mol. The van der Waals surface area contributed by atoms with Crippen LogP contribution in [-0.4, -0.2) is 12.3 Å². The maximum Gasteiger partial charge on any atom is 0.0292 e. The van der Waals surface area contributed by atoms with Gasteiger partial charge < -0.3 is 5.32 Å². The van der Waals surface area contributed by atoms with Crippen molar-refractivity contribution in [3.05, 3.63) is 29.8 Å². The molecule has 0 saturated heterocycles. The number of rotatable bonds is 8. The van der Waals surface area contributed by atoms with Crippen LogP contribution in [0, 0.1) is 12.3 Å². The van der Waals surface area contributed by atoms with Gasteiger partial charge in [-0.05, 0) is 49.8 Å². The maximum absolute atomic E-state index is 5.25. The molecule has 1 nitrogen and oxygen atoms in total. The standard InChI is InChI=1S/C16H23NS/c1-4-6-7-12-18-16-10-8-9-15(13-16)14(3)17-11-5-2/h1,8-10,13-14,17H,5-7,11-12H2,2-3H3. The molecule has 2 heteroatoms. The Labute approximate surface area is 116 Å². The van der Waals surface area contributed by atoms with Gasteiger partial charge in [0.1, 0.15) is 0 Å². The van der Waals surface area contributed by atoms with Gasteiger partial charge in [0, 0.05) is 17.4 Å². The summed E-state index contributed by atoms with van der Waals surface area (Å²) in [5.41, 5.74) is 1.37. The molecule has 1 N–H and O–H groups in total. The average molecular weight is 261 g/mol. The summed E-state index contributed by atoms with van der Waals surface area (Å²) in [5, 5.41) is 3.52. The van der Waals surface area contributed by atoms with Gasteiger partial charge in [-0.1, -0.05) is 19.1 Å². The molecule has 0 saturated carbocycles. The second kappa shape index (κ2) is 9.08. The van der Waals surface area contributed by atoms with Crippen molar-refractivity contribution in [2.75, 3.05) is 12.3 Å². The normalized spacial score (nSPS) is 12.1. The molecule has 0 spiro atoms. The van der Waals surface area contributed by atoms with Crippen molar-refractivity contribution < 1.29 is 0 Å². The second-order valence-corrected chi connectivity index (χ2v) is 5.57. The second-order valence-electron chi connectivity index (χ2n) is 4.40. The molecule has 1 unspecified atom stereocenters. The third kappa shape index (κ3) is 5.62. The lowest BCUT2D eigenvalue weighted by Crippen LogP contribution is -2.19. The summed E-state index contributed by atoms with van der Waals surface area (Å²) in [6.07, 6.45) is 8.39. The van der Waals surface area contributed by atoms with Crippen molar-refractivity contribution in [3.8, 4) is 12.3 Å². The molecule has 0 fully saturated rings. The first-order chi connectivity index (χ1) is 8.77. The molecule has 0 aliphatic rings. The molecule has 1 rings (SSSR count). The fraction of sp³-hybridized carbons (Fsp3) is 0.500. The lowest BCUT2D eigenvalue weighted by atomic mass is 10.1. The summed E-state index contributed by atoms with van der Waals surface area (Å²) in [4.78, 5) is 1.34. The quantitative estimate of drug-likeness (QED) is 0.426. The number of terminal acetylenes is 1. The van der Waals surface area contributed by atoms with Crippen LogP contribution in [0.25, 0.3) is 0 Å². The Morgan fingerprint density at radius 3 is 3.00 bits per heavy atom. The number of hydrogen-bond acceptors (Lipinski definition) is 2. The van der Waals surface area contributed by atoms with E-state index in [9.17, 15) is 0 Å². The zero-order valence-corrected chi connectivity index (χ0v) is 12.2. The van der Waals surface area contributed by atoms with Crippen molar-refractivity contribution in [2.45, 2.75) is 44.0 Å².